The van der Waals surface area contributed by atoms with Crippen LogP contribution in [0.2, 0.25) is 0 Å². The summed E-state index contributed by atoms with van der Waals surface area (Å²) in [5.41, 5.74) is 1.34. The molecule has 0 amide bonds. The van der Waals surface area contributed by atoms with E-state index in [9.17, 15) is 4.79 Å². The summed E-state index contributed by atoms with van der Waals surface area (Å²) in [5.74, 6) is -0.489. The monoisotopic (exact) mass is 299 g/mol. The number of thiol groups is 1. The van der Waals surface area contributed by atoms with Gasteiger partial charge in [0, 0.05) is 10.2 Å². The molecule has 0 N–H and O–H groups in total. The number of carbonyl (C=O) groups excluding carboxylic acids is 1. The highest BCUT2D eigenvalue weighted by atomic mass is 79.9. The number of carbonyl (C=O) groups is 1. The molecule has 0 heterocycles. The van der Waals surface area contributed by atoms with Crippen molar-refractivity contribution < 1.29 is 9.53 Å². The van der Waals surface area contributed by atoms with Crippen molar-refractivity contribution in [1.29, 1.82) is 5.26 Å². The number of rotatable bonds is 3. The zero-order valence-corrected chi connectivity index (χ0v) is 11.1. The summed E-state index contributed by atoms with van der Waals surface area (Å²) >= 11 is 7.46. The molecule has 0 bridgehead atoms. The Balaban J connectivity index is 3.32. The van der Waals surface area contributed by atoms with Gasteiger partial charge in [0.25, 0.3) is 0 Å². The van der Waals surface area contributed by atoms with E-state index in [0.29, 0.717) is 15.8 Å². The molecule has 3 nitrogen and oxygen atoms in total. The molecule has 0 fully saturated rings. The lowest BCUT2D eigenvalue weighted by atomic mass is 10.0. The van der Waals surface area contributed by atoms with Gasteiger partial charge in [0.05, 0.1) is 17.7 Å². The van der Waals surface area contributed by atoms with Crippen molar-refractivity contribution in [2.75, 3.05) is 6.61 Å². The number of halogens is 1. The van der Waals surface area contributed by atoms with E-state index in [1.54, 1.807) is 19.1 Å². The van der Waals surface area contributed by atoms with Crippen molar-refractivity contribution in [2.45, 2.75) is 17.1 Å². The standard InChI is InChI=1S/C11H10BrNO2S/c1-2-15-11(14)9-4-8(16)3-7(5-12)10(9)6-13/h3-4,16H,2,5H2,1H3. The number of nitrogens with zero attached hydrogens (tertiary/aromatic N) is 1. The number of benzene rings is 1. The first kappa shape index (κ1) is 13.1. The molecular formula is C11H10BrNO2S. The third kappa shape index (κ3) is 2.77. The number of alkyl halides is 1. The second-order valence-electron chi connectivity index (χ2n) is 2.99. The first-order valence-corrected chi connectivity index (χ1v) is 6.20. The highest BCUT2D eigenvalue weighted by Gasteiger charge is 2.16. The molecule has 84 valence electrons. The summed E-state index contributed by atoms with van der Waals surface area (Å²) in [6.07, 6.45) is 0. The first-order valence-electron chi connectivity index (χ1n) is 4.63. The van der Waals surface area contributed by atoms with Gasteiger partial charge in [0.1, 0.15) is 6.07 Å². The van der Waals surface area contributed by atoms with Gasteiger partial charge < -0.3 is 4.74 Å². The minimum absolute atomic E-state index is 0.270. The lowest BCUT2D eigenvalue weighted by Gasteiger charge is -2.08. The van der Waals surface area contributed by atoms with Crippen molar-refractivity contribution in [3.05, 3.63) is 28.8 Å². The molecule has 0 aromatic heterocycles. The number of hydrogen-bond acceptors (Lipinski definition) is 4. The van der Waals surface area contributed by atoms with Crippen LogP contribution in [0.3, 0.4) is 0 Å². The Kier molecular flexibility index (Phi) is 4.84. The summed E-state index contributed by atoms with van der Waals surface area (Å²) in [7, 11) is 0. The lowest BCUT2D eigenvalue weighted by molar-refractivity contribution is 0.0525. The van der Waals surface area contributed by atoms with Crippen LogP contribution < -0.4 is 0 Å². The largest absolute Gasteiger partial charge is 0.462 e. The topological polar surface area (TPSA) is 50.1 Å². The normalized spacial score (nSPS) is 9.62. The summed E-state index contributed by atoms with van der Waals surface area (Å²) < 4.78 is 4.89. The Bertz CT molecular complexity index is 454. The second kappa shape index (κ2) is 5.92. The maximum atomic E-state index is 11.6. The highest BCUT2D eigenvalue weighted by molar-refractivity contribution is 9.08. The number of ether oxygens (including phenoxy) is 1. The molecule has 16 heavy (non-hydrogen) atoms. The van der Waals surface area contributed by atoms with Gasteiger partial charge in [0.2, 0.25) is 0 Å². The van der Waals surface area contributed by atoms with Crippen LogP contribution in [0.1, 0.15) is 28.4 Å². The van der Waals surface area contributed by atoms with Crippen LogP contribution in [0.15, 0.2) is 17.0 Å². The molecule has 1 aromatic rings. The predicted octanol–water partition coefficient (Wildman–Crippen LogP) is 2.92. The number of nitriles is 1. The molecule has 1 aromatic carbocycles. The second-order valence-corrected chi connectivity index (χ2v) is 4.07. The fraction of sp³-hybridized carbons (Fsp3) is 0.273. The van der Waals surface area contributed by atoms with Crippen LogP contribution in [0.4, 0.5) is 0 Å². The van der Waals surface area contributed by atoms with E-state index in [0.717, 1.165) is 5.56 Å². The molecular weight excluding hydrogens is 290 g/mol. The molecule has 0 unspecified atom stereocenters. The zero-order chi connectivity index (χ0) is 12.1. The van der Waals surface area contributed by atoms with Crippen molar-refractivity contribution >= 4 is 34.5 Å². The van der Waals surface area contributed by atoms with Gasteiger partial charge in [-0.05, 0) is 24.6 Å². The Labute approximate surface area is 108 Å². The maximum Gasteiger partial charge on any atom is 0.339 e. The van der Waals surface area contributed by atoms with Crippen LogP contribution in [0, 0.1) is 11.3 Å². The van der Waals surface area contributed by atoms with E-state index >= 15 is 0 Å². The first-order chi connectivity index (χ1) is 7.63. The van der Waals surface area contributed by atoms with Crippen LogP contribution in [-0.2, 0) is 10.1 Å². The summed E-state index contributed by atoms with van der Waals surface area (Å²) in [6.45, 7) is 2.00. The third-order valence-electron chi connectivity index (χ3n) is 1.96. The molecule has 0 saturated carbocycles. The van der Waals surface area contributed by atoms with Crippen LogP contribution in [-0.4, -0.2) is 12.6 Å². The van der Waals surface area contributed by atoms with Gasteiger partial charge in [-0.25, -0.2) is 4.79 Å². The highest BCUT2D eigenvalue weighted by Crippen LogP contribution is 2.22. The van der Waals surface area contributed by atoms with Crippen molar-refractivity contribution in [1.82, 2.24) is 0 Å². The Hall–Kier alpha value is -0.990. The SMILES string of the molecule is CCOC(=O)c1cc(S)cc(CBr)c1C#N. The summed E-state index contributed by atoms with van der Waals surface area (Å²) in [6, 6.07) is 5.31. The molecule has 0 radical (unpaired) electrons. The molecule has 0 saturated heterocycles. The molecule has 1 rings (SSSR count). The zero-order valence-electron chi connectivity index (χ0n) is 8.66. The maximum absolute atomic E-state index is 11.6. The lowest BCUT2D eigenvalue weighted by Crippen LogP contribution is -2.08. The van der Waals surface area contributed by atoms with E-state index < -0.39 is 5.97 Å². The van der Waals surface area contributed by atoms with Gasteiger partial charge >= 0.3 is 5.97 Å². The number of esters is 1. The average molecular weight is 300 g/mol. The van der Waals surface area contributed by atoms with Gasteiger partial charge in [-0.1, -0.05) is 15.9 Å². The summed E-state index contributed by atoms with van der Waals surface area (Å²) in [4.78, 5) is 12.3. The van der Waals surface area contributed by atoms with Crippen LogP contribution in [0.25, 0.3) is 0 Å². The van der Waals surface area contributed by atoms with E-state index in [1.165, 1.54) is 0 Å². The predicted molar refractivity (Wildman–Crippen MR) is 67.0 cm³/mol. The minimum atomic E-state index is -0.489. The average Bonchev–Trinajstić information content (AvgIpc) is 2.28. The third-order valence-corrected chi connectivity index (χ3v) is 2.82. The molecule has 0 spiro atoms. The smallest absolute Gasteiger partial charge is 0.339 e. The van der Waals surface area contributed by atoms with E-state index in [2.05, 4.69) is 28.6 Å². The van der Waals surface area contributed by atoms with Gasteiger partial charge in [-0.15, -0.1) is 12.6 Å². The van der Waals surface area contributed by atoms with Crippen molar-refractivity contribution in [2.24, 2.45) is 0 Å². The van der Waals surface area contributed by atoms with Gasteiger partial charge in [-0.3, -0.25) is 0 Å². The Morgan fingerprint density at radius 2 is 2.31 bits per heavy atom. The molecule has 0 atom stereocenters. The minimum Gasteiger partial charge on any atom is -0.462 e. The molecule has 0 aliphatic heterocycles. The van der Waals surface area contributed by atoms with E-state index in [-0.39, 0.29) is 12.2 Å². The Morgan fingerprint density at radius 3 is 2.81 bits per heavy atom. The van der Waals surface area contributed by atoms with Crippen molar-refractivity contribution in [3.63, 3.8) is 0 Å². The van der Waals surface area contributed by atoms with Crippen LogP contribution >= 0.6 is 28.6 Å². The van der Waals surface area contributed by atoms with Crippen LogP contribution in [0.5, 0.6) is 0 Å². The summed E-state index contributed by atoms with van der Waals surface area (Å²) in [5, 5.41) is 9.53. The fourth-order valence-electron chi connectivity index (χ4n) is 1.29. The van der Waals surface area contributed by atoms with E-state index in [4.69, 9.17) is 10.00 Å². The molecule has 5 heteroatoms. The molecule has 0 aliphatic carbocycles. The quantitative estimate of drug-likeness (QED) is 0.530. The van der Waals surface area contributed by atoms with E-state index in [1.807, 2.05) is 6.07 Å². The Morgan fingerprint density at radius 1 is 1.62 bits per heavy atom. The van der Waals surface area contributed by atoms with Crippen molar-refractivity contribution in [3.8, 4) is 6.07 Å². The molecule has 0 aliphatic rings. The fourth-order valence-corrected chi connectivity index (χ4v) is 2.02. The van der Waals surface area contributed by atoms with Gasteiger partial charge in [-0.2, -0.15) is 5.26 Å². The van der Waals surface area contributed by atoms with Gasteiger partial charge in [0.15, 0.2) is 0 Å². The number of hydrogen-bond donors (Lipinski definition) is 1.